The van der Waals surface area contributed by atoms with Crippen LogP contribution in [0.25, 0.3) is 0 Å². The molecule has 0 spiro atoms. The third kappa shape index (κ3) is 7.42. The lowest BCUT2D eigenvalue weighted by atomic mass is 10.3. The van der Waals surface area contributed by atoms with Crippen molar-refractivity contribution in [3.8, 4) is 5.75 Å². The zero-order chi connectivity index (χ0) is 15.0. The summed E-state index contributed by atoms with van der Waals surface area (Å²) in [6.07, 6.45) is 0. The van der Waals surface area contributed by atoms with E-state index in [9.17, 15) is 18.4 Å². The van der Waals surface area contributed by atoms with Crippen LogP contribution in [0.5, 0.6) is 5.75 Å². The largest absolute Gasteiger partial charge is 0.492 e. The zero-order valence-corrected chi connectivity index (χ0v) is 11.8. The topological polar surface area (TPSA) is 93.5 Å². The predicted octanol–water partition coefficient (Wildman–Crippen LogP) is -0.0435. The Balaban J connectivity index is 0.00000400. The average molecular weight is 324 g/mol. The van der Waals surface area contributed by atoms with Gasteiger partial charge in [-0.1, -0.05) is 0 Å². The molecule has 21 heavy (non-hydrogen) atoms. The minimum absolute atomic E-state index is 0. The first-order valence-corrected chi connectivity index (χ1v) is 5.84. The Morgan fingerprint density at radius 2 is 1.86 bits per heavy atom. The molecule has 1 rings (SSSR count). The fourth-order valence-electron chi connectivity index (χ4n) is 1.24. The van der Waals surface area contributed by atoms with Gasteiger partial charge in [0.05, 0.1) is 19.6 Å². The van der Waals surface area contributed by atoms with Crippen LogP contribution in [0.2, 0.25) is 0 Å². The Hall–Kier alpha value is -1.93. The Morgan fingerprint density at radius 1 is 1.14 bits per heavy atom. The van der Waals surface area contributed by atoms with Crippen LogP contribution in [-0.2, 0) is 9.59 Å². The summed E-state index contributed by atoms with van der Waals surface area (Å²) in [4.78, 5) is 22.0. The highest BCUT2D eigenvalue weighted by Gasteiger charge is 2.05. The highest BCUT2D eigenvalue weighted by molar-refractivity contribution is 5.85. The Labute approximate surface area is 126 Å². The molecule has 0 heterocycles. The lowest BCUT2D eigenvalue weighted by Gasteiger charge is -2.08. The number of halogens is 3. The average Bonchev–Trinajstić information content (AvgIpc) is 2.44. The van der Waals surface area contributed by atoms with Crippen LogP contribution in [0.1, 0.15) is 0 Å². The molecule has 0 unspecified atom stereocenters. The van der Waals surface area contributed by atoms with E-state index in [2.05, 4.69) is 10.6 Å². The van der Waals surface area contributed by atoms with Crippen molar-refractivity contribution in [2.24, 2.45) is 5.73 Å². The number of hydrogen-bond acceptors (Lipinski definition) is 4. The lowest BCUT2D eigenvalue weighted by molar-refractivity contribution is -0.125. The first kappa shape index (κ1) is 19.1. The molecule has 1 aromatic rings. The molecule has 0 aromatic heterocycles. The van der Waals surface area contributed by atoms with Crippen LogP contribution >= 0.6 is 12.4 Å². The molecule has 0 bridgehead atoms. The quantitative estimate of drug-likeness (QED) is 0.614. The van der Waals surface area contributed by atoms with Crippen molar-refractivity contribution in [2.45, 2.75) is 0 Å². The number of ether oxygens (including phenoxy) is 1. The number of rotatable bonds is 7. The Morgan fingerprint density at radius 3 is 2.48 bits per heavy atom. The lowest BCUT2D eigenvalue weighted by Crippen LogP contribution is -2.40. The summed E-state index contributed by atoms with van der Waals surface area (Å²) in [7, 11) is 0. The van der Waals surface area contributed by atoms with Crippen molar-refractivity contribution < 1.29 is 23.1 Å². The first-order chi connectivity index (χ1) is 9.52. The molecule has 2 amide bonds. The van der Waals surface area contributed by atoms with Gasteiger partial charge in [0.15, 0.2) is 11.6 Å². The van der Waals surface area contributed by atoms with Crippen molar-refractivity contribution in [2.75, 3.05) is 26.2 Å². The van der Waals surface area contributed by atoms with Crippen molar-refractivity contribution >= 4 is 24.2 Å². The second kappa shape index (κ2) is 9.89. The maximum Gasteiger partial charge on any atom is 0.239 e. The van der Waals surface area contributed by atoms with Gasteiger partial charge < -0.3 is 21.1 Å². The smallest absolute Gasteiger partial charge is 0.239 e. The number of amides is 2. The zero-order valence-electron chi connectivity index (χ0n) is 11.0. The van der Waals surface area contributed by atoms with Gasteiger partial charge in [0, 0.05) is 6.07 Å². The molecule has 0 aliphatic rings. The molecule has 0 atom stereocenters. The maximum absolute atomic E-state index is 12.9. The van der Waals surface area contributed by atoms with Crippen LogP contribution < -0.4 is 21.1 Å². The molecule has 4 N–H and O–H groups in total. The third-order valence-corrected chi connectivity index (χ3v) is 2.22. The number of carbonyl (C=O) groups is 2. The Bertz CT molecular complexity index is 489. The van der Waals surface area contributed by atoms with Gasteiger partial charge in [0.25, 0.3) is 0 Å². The van der Waals surface area contributed by atoms with E-state index in [0.717, 1.165) is 12.1 Å². The molecule has 0 fully saturated rings. The third-order valence-electron chi connectivity index (χ3n) is 2.22. The van der Waals surface area contributed by atoms with E-state index >= 15 is 0 Å². The van der Waals surface area contributed by atoms with Crippen LogP contribution in [0, 0.1) is 11.6 Å². The van der Waals surface area contributed by atoms with E-state index in [1.54, 1.807) is 0 Å². The second-order valence-electron chi connectivity index (χ2n) is 3.76. The monoisotopic (exact) mass is 323 g/mol. The minimum atomic E-state index is -1.00. The molecule has 1 aromatic carbocycles. The first-order valence-electron chi connectivity index (χ1n) is 5.84. The van der Waals surface area contributed by atoms with Gasteiger partial charge in [0.2, 0.25) is 11.8 Å². The highest BCUT2D eigenvalue weighted by Crippen LogP contribution is 2.14. The molecule has 0 radical (unpaired) electrons. The van der Waals surface area contributed by atoms with Crippen molar-refractivity contribution in [1.82, 2.24) is 10.6 Å². The Kier molecular flexibility index (Phi) is 8.98. The fraction of sp³-hybridized carbons (Fsp3) is 0.333. The fourth-order valence-corrected chi connectivity index (χ4v) is 1.24. The normalized spacial score (nSPS) is 9.48. The van der Waals surface area contributed by atoms with Gasteiger partial charge in [-0.15, -0.1) is 12.4 Å². The van der Waals surface area contributed by atoms with Crippen LogP contribution in [0.15, 0.2) is 18.2 Å². The van der Waals surface area contributed by atoms with E-state index < -0.39 is 23.4 Å². The second-order valence-corrected chi connectivity index (χ2v) is 3.76. The summed E-state index contributed by atoms with van der Waals surface area (Å²) in [5, 5.41) is 4.77. The van der Waals surface area contributed by atoms with E-state index in [4.69, 9.17) is 10.5 Å². The molecular formula is C12H16ClF2N3O3. The van der Waals surface area contributed by atoms with Gasteiger partial charge in [-0.3, -0.25) is 9.59 Å². The summed E-state index contributed by atoms with van der Waals surface area (Å²) >= 11 is 0. The van der Waals surface area contributed by atoms with Crippen LogP contribution in [0.4, 0.5) is 8.78 Å². The highest BCUT2D eigenvalue weighted by atomic mass is 35.5. The van der Waals surface area contributed by atoms with Crippen LogP contribution in [-0.4, -0.2) is 38.1 Å². The minimum Gasteiger partial charge on any atom is -0.492 e. The maximum atomic E-state index is 12.9. The van der Waals surface area contributed by atoms with E-state index in [1.807, 2.05) is 0 Å². The number of nitrogens with one attached hydrogen (secondary N) is 2. The number of hydrogen-bond donors (Lipinski definition) is 3. The van der Waals surface area contributed by atoms with Gasteiger partial charge in [-0.25, -0.2) is 8.78 Å². The summed E-state index contributed by atoms with van der Waals surface area (Å²) in [5.41, 5.74) is 5.05. The van der Waals surface area contributed by atoms with E-state index in [0.29, 0.717) is 0 Å². The van der Waals surface area contributed by atoms with Gasteiger partial charge in [-0.2, -0.15) is 0 Å². The van der Waals surface area contributed by atoms with Crippen LogP contribution in [0.3, 0.4) is 0 Å². The molecule has 0 aliphatic carbocycles. The summed E-state index contributed by atoms with van der Waals surface area (Å²) in [6, 6.07) is 3.14. The molecular weight excluding hydrogens is 308 g/mol. The molecule has 9 heteroatoms. The van der Waals surface area contributed by atoms with E-state index in [-0.39, 0.29) is 44.4 Å². The number of carbonyl (C=O) groups excluding carboxylic acids is 2. The molecule has 0 saturated heterocycles. The molecule has 118 valence electrons. The van der Waals surface area contributed by atoms with Crippen molar-refractivity contribution in [3.63, 3.8) is 0 Å². The van der Waals surface area contributed by atoms with Crippen molar-refractivity contribution in [1.29, 1.82) is 0 Å². The molecule has 0 aliphatic heterocycles. The van der Waals surface area contributed by atoms with Crippen molar-refractivity contribution in [3.05, 3.63) is 29.8 Å². The number of nitrogens with two attached hydrogens (primary N) is 1. The van der Waals surface area contributed by atoms with Gasteiger partial charge in [-0.05, 0) is 12.1 Å². The summed E-state index contributed by atoms with van der Waals surface area (Å²) in [5.74, 6) is -2.63. The standard InChI is InChI=1S/C12H15F2N3O3.ClH/c13-9-2-1-8(5-10(9)14)20-4-3-16-12(19)7-17-11(18)6-15;/h1-2,5H,3-4,6-7,15H2,(H,16,19)(H,17,18);1H. The summed E-state index contributed by atoms with van der Waals surface area (Å²) < 4.78 is 30.6. The molecule has 6 nitrogen and oxygen atoms in total. The summed E-state index contributed by atoms with van der Waals surface area (Å²) in [6.45, 7) is -0.119. The SMILES string of the molecule is Cl.NCC(=O)NCC(=O)NCCOc1ccc(F)c(F)c1. The predicted molar refractivity (Wildman–Crippen MR) is 74.2 cm³/mol. The number of benzene rings is 1. The van der Waals surface area contributed by atoms with Gasteiger partial charge >= 0.3 is 0 Å². The molecule has 0 saturated carbocycles. The van der Waals surface area contributed by atoms with Gasteiger partial charge in [0.1, 0.15) is 12.4 Å². The van der Waals surface area contributed by atoms with E-state index in [1.165, 1.54) is 6.07 Å².